The van der Waals surface area contributed by atoms with Gasteiger partial charge in [-0.2, -0.15) is 22.0 Å². The molecule has 20 heavy (non-hydrogen) atoms. The molecule has 1 aliphatic heterocycles. The highest BCUT2D eigenvalue weighted by Gasteiger charge is 2.68. The van der Waals surface area contributed by atoms with Gasteiger partial charge in [-0.1, -0.05) is 30.0 Å². The summed E-state index contributed by atoms with van der Waals surface area (Å²) in [6, 6.07) is 4.41. The highest BCUT2D eigenvalue weighted by molar-refractivity contribution is 8.01. The van der Waals surface area contributed by atoms with Crippen LogP contribution in [0.25, 0.3) is 0 Å². The van der Waals surface area contributed by atoms with Gasteiger partial charge in [0.05, 0.1) is 12.2 Å². The molecule has 2 aliphatic rings. The van der Waals surface area contributed by atoms with Crippen LogP contribution in [0.15, 0.2) is 24.3 Å². The van der Waals surface area contributed by atoms with Gasteiger partial charge < -0.3 is 4.74 Å². The number of thioether (sulfide) groups is 1. The largest absolute Gasteiger partial charge is 0.416 e. The maximum atomic E-state index is 14.3. The Balaban J connectivity index is 1.99. The Kier molecular flexibility index (Phi) is 3.06. The number of halogens is 5. The second-order valence-electron chi connectivity index (χ2n) is 4.99. The molecule has 110 valence electrons. The SMILES string of the molecule is FC(F)(F)c1ccccc1C1(C(F)(F)SC2CC2)CO1. The van der Waals surface area contributed by atoms with Crippen LogP contribution in [0.3, 0.4) is 0 Å². The van der Waals surface area contributed by atoms with Gasteiger partial charge in [-0.25, -0.2) is 0 Å². The molecule has 0 aromatic heterocycles. The molecule has 1 nitrogen and oxygen atoms in total. The van der Waals surface area contributed by atoms with Gasteiger partial charge in [0, 0.05) is 10.8 Å². The van der Waals surface area contributed by atoms with E-state index in [2.05, 4.69) is 0 Å². The van der Waals surface area contributed by atoms with Crippen LogP contribution >= 0.6 is 11.8 Å². The first-order chi connectivity index (χ1) is 9.26. The zero-order valence-electron chi connectivity index (χ0n) is 10.2. The Hall–Kier alpha value is -0.820. The molecule has 1 aliphatic carbocycles. The van der Waals surface area contributed by atoms with Gasteiger partial charge in [-0.05, 0) is 18.9 Å². The lowest BCUT2D eigenvalue weighted by Crippen LogP contribution is -2.34. The number of alkyl halides is 5. The van der Waals surface area contributed by atoms with E-state index in [1.54, 1.807) is 0 Å². The van der Waals surface area contributed by atoms with Crippen LogP contribution in [-0.4, -0.2) is 17.1 Å². The quantitative estimate of drug-likeness (QED) is 0.603. The minimum absolute atomic E-state index is 0.177. The molecule has 1 heterocycles. The molecule has 1 aromatic carbocycles. The zero-order chi connectivity index (χ0) is 14.6. The zero-order valence-corrected chi connectivity index (χ0v) is 11.0. The monoisotopic (exact) mass is 310 g/mol. The summed E-state index contributed by atoms with van der Waals surface area (Å²) in [4.78, 5) is 0. The van der Waals surface area contributed by atoms with Gasteiger partial charge in [0.15, 0.2) is 5.60 Å². The number of hydrogen-bond donors (Lipinski definition) is 0. The van der Waals surface area contributed by atoms with Crippen LogP contribution in [0.5, 0.6) is 0 Å². The molecule has 0 bridgehead atoms. The lowest BCUT2D eigenvalue weighted by atomic mass is 9.94. The Morgan fingerprint density at radius 1 is 1.10 bits per heavy atom. The predicted molar refractivity (Wildman–Crippen MR) is 64.6 cm³/mol. The average Bonchev–Trinajstić information content (AvgIpc) is 3.22. The van der Waals surface area contributed by atoms with Crippen molar-refractivity contribution in [2.45, 2.75) is 35.1 Å². The van der Waals surface area contributed by atoms with E-state index in [0.29, 0.717) is 24.6 Å². The van der Waals surface area contributed by atoms with Crippen LogP contribution < -0.4 is 0 Å². The van der Waals surface area contributed by atoms with Crippen LogP contribution in [0.2, 0.25) is 0 Å². The molecule has 0 radical (unpaired) electrons. The fraction of sp³-hybridized carbons (Fsp3) is 0.538. The molecule has 1 saturated heterocycles. The third-order valence-corrected chi connectivity index (χ3v) is 4.84. The van der Waals surface area contributed by atoms with E-state index < -0.39 is 28.2 Å². The van der Waals surface area contributed by atoms with Gasteiger partial charge in [0.1, 0.15) is 0 Å². The first kappa shape index (κ1) is 14.1. The van der Waals surface area contributed by atoms with Gasteiger partial charge in [0.25, 0.3) is 0 Å². The van der Waals surface area contributed by atoms with Crippen molar-refractivity contribution in [1.29, 1.82) is 0 Å². The van der Waals surface area contributed by atoms with Crippen molar-refractivity contribution < 1.29 is 26.7 Å². The molecule has 2 fully saturated rings. The van der Waals surface area contributed by atoms with E-state index >= 15 is 0 Å². The fourth-order valence-corrected chi connectivity index (χ4v) is 3.33. The fourth-order valence-electron chi connectivity index (χ4n) is 2.13. The van der Waals surface area contributed by atoms with E-state index in [4.69, 9.17) is 4.74 Å². The maximum Gasteiger partial charge on any atom is 0.416 e. The van der Waals surface area contributed by atoms with E-state index in [1.807, 2.05) is 0 Å². The van der Waals surface area contributed by atoms with Crippen molar-refractivity contribution in [2.24, 2.45) is 0 Å². The molecule has 3 rings (SSSR count). The van der Waals surface area contributed by atoms with Crippen LogP contribution in [0.1, 0.15) is 24.0 Å². The molecule has 1 atom stereocenters. The summed E-state index contributed by atoms with van der Waals surface area (Å²) >= 11 is 0.426. The van der Waals surface area contributed by atoms with E-state index in [-0.39, 0.29) is 11.9 Å². The first-order valence-electron chi connectivity index (χ1n) is 6.12. The van der Waals surface area contributed by atoms with Gasteiger partial charge >= 0.3 is 11.4 Å². The summed E-state index contributed by atoms with van der Waals surface area (Å²) in [5, 5.41) is -3.53. The van der Waals surface area contributed by atoms with Crippen molar-refractivity contribution in [3.8, 4) is 0 Å². The van der Waals surface area contributed by atoms with Crippen molar-refractivity contribution in [2.75, 3.05) is 6.61 Å². The first-order valence-corrected chi connectivity index (χ1v) is 7.00. The molecule has 1 aromatic rings. The summed E-state index contributed by atoms with van der Waals surface area (Å²) in [6.07, 6.45) is -3.32. The summed E-state index contributed by atoms with van der Waals surface area (Å²) in [7, 11) is 0. The third kappa shape index (κ3) is 2.30. The Morgan fingerprint density at radius 3 is 2.20 bits per heavy atom. The minimum atomic E-state index is -4.67. The van der Waals surface area contributed by atoms with E-state index in [1.165, 1.54) is 12.1 Å². The standard InChI is InChI=1S/C13H11F5OS/c14-12(15,16)10-4-2-1-3-9(10)11(7-19-11)13(17,18)20-8-5-6-8/h1-4,8H,5-7H2. The van der Waals surface area contributed by atoms with Crippen molar-refractivity contribution in [3.05, 3.63) is 35.4 Å². The number of epoxide rings is 1. The van der Waals surface area contributed by atoms with Crippen molar-refractivity contribution in [1.82, 2.24) is 0 Å². The number of ether oxygens (including phenoxy) is 1. The second kappa shape index (κ2) is 4.34. The number of benzene rings is 1. The molecule has 1 unspecified atom stereocenters. The number of rotatable bonds is 4. The normalized spacial score (nSPS) is 26.6. The van der Waals surface area contributed by atoms with E-state index in [0.717, 1.165) is 12.1 Å². The molecule has 0 amide bonds. The van der Waals surface area contributed by atoms with E-state index in [9.17, 15) is 22.0 Å². The lowest BCUT2D eigenvalue weighted by molar-refractivity contribution is -0.139. The molecule has 1 saturated carbocycles. The molecule has 0 spiro atoms. The van der Waals surface area contributed by atoms with Gasteiger partial charge in [-0.15, -0.1) is 0 Å². The van der Waals surface area contributed by atoms with Crippen LogP contribution in [-0.2, 0) is 16.5 Å². The Bertz CT molecular complexity index is 520. The van der Waals surface area contributed by atoms with Gasteiger partial charge in [0.2, 0.25) is 0 Å². The second-order valence-corrected chi connectivity index (χ2v) is 6.41. The maximum absolute atomic E-state index is 14.3. The molecular formula is C13H11F5OS. The minimum Gasteiger partial charge on any atom is -0.357 e. The summed E-state index contributed by atoms with van der Waals surface area (Å²) in [5.74, 6) is 0. The van der Waals surface area contributed by atoms with Crippen LogP contribution in [0, 0.1) is 0 Å². The molecule has 0 N–H and O–H groups in total. The van der Waals surface area contributed by atoms with Crippen LogP contribution in [0.4, 0.5) is 22.0 Å². The van der Waals surface area contributed by atoms with Crippen molar-refractivity contribution >= 4 is 11.8 Å². The predicted octanol–water partition coefficient (Wildman–Crippen LogP) is 4.42. The lowest BCUT2D eigenvalue weighted by Gasteiger charge is -2.26. The number of hydrogen-bond acceptors (Lipinski definition) is 2. The highest BCUT2D eigenvalue weighted by atomic mass is 32.2. The highest BCUT2D eigenvalue weighted by Crippen LogP contribution is 2.61. The van der Waals surface area contributed by atoms with Crippen molar-refractivity contribution in [3.63, 3.8) is 0 Å². The summed E-state index contributed by atoms with van der Waals surface area (Å²) < 4.78 is 72.3. The third-order valence-electron chi connectivity index (χ3n) is 3.41. The summed E-state index contributed by atoms with van der Waals surface area (Å²) in [6.45, 7) is -0.382. The van der Waals surface area contributed by atoms with Gasteiger partial charge in [-0.3, -0.25) is 0 Å². The molecule has 7 heteroatoms. The Morgan fingerprint density at radius 2 is 1.70 bits per heavy atom. The summed E-state index contributed by atoms with van der Waals surface area (Å²) in [5.41, 5.74) is -3.65. The smallest absolute Gasteiger partial charge is 0.357 e. The Labute approximate surface area is 116 Å². The average molecular weight is 310 g/mol. The molecular weight excluding hydrogens is 299 g/mol. The topological polar surface area (TPSA) is 12.5 Å².